The maximum absolute atomic E-state index is 14.2. The Hall–Kier alpha value is -1.99. The number of carbonyl (C=O) groups is 3. The molecular formula is C31H39NO7S. The molecule has 0 aromatic carbocycles. The van der Waals surface area contributed by atoms with Crippen molar-refractivity contribution < 1.29 is 33.7 Å². The molecule has 0 radical (unpaired) electrons. The zero-order valence-electron chi connectivity index (χ0n) is 23.3. The van der Waals surface area contributed by atoms with E-state index in [9.17, 15) is 19.5 Å². The van der Waals surface area contributed by atoms with Crippen LogP contribution in [0.15, 0.2) is 23.8 Å². The van der Waals surface area contributed by atoms with Gasteiger partial charge in [-0.25, -0.2) is 0 Å². The fraction of sp³-hybridized carbons (Fsp3) is 0.742. The maximum Gasteiger partial charge on any atom is 0.317 e. The van der Waals surface area contributed by atoms with Crippen LogP contribution >= 0.6 is 11.8 Å². The highest BCUT2D eigenvalue weighted by atomic mass is 32.2. The average molecular weight is 570 g/mol. The number of nitrogens with zero attached hydrogens (tertiary/aromatic N) is 1. The summed E-state index contributed by atoms with van der Waals surface area (Å²) in [5, 5.41) is 22.5. The number of nitriles is 1. The molecule has 4 saturated carbocycles. The lowest BCUT2D eigenvalue weighted by Crippen LogP contribution is -2.63. The maximum atomic E-state index is 14.2. The van der Waals surface area contributed by atoms with Crippen molar-refractivity contribution >= 4 is 29.3 Å². The highest BCUT2D eigenvalue weighted by molar-refractivity contribution is 8.04. The largest absolute Gasteiger partial charge is 0.457 e. The van der Waals surface area contributed by atoms with E-state index in [1.54, 1.807) is 12.2 Å². The number of allylic oxidation sites excluding steroid dienone is 4. The minimum Gasteiger partial charge on any atom is -0.457 e. The third-order valence-corrected chi connectivity index (χ3v) is 11.8. The lowest BCUT2D eigenvalue weighted by molar-refractivity contribution is -0.210. The topological polar surface area (TPSA) is 123 Å². The quantitative estimate of drug-likeness (QED) is 0.369. The van der Waals surface area contributed by atoms with Gasteiger partial charge in [0.15, 0.2) is 24.3 Å². The Kier molecular flexibility index (Phi) is 7.30. The van der Waals surface area contributed by atoms with Gasteiger partial charge in [0.25, 0.3) is 0 Å². The summed E-state index contributed by atoms with van der Waals surface area (Å²) in [6, 6.07) is 0. The molecule has 216 valence electrons. The normalized spacial score (nSPS) is 44.0. The van der Waals surface area contributed by atoms with Gasteiger partial charge in [0.1, 0.15) is 11.2 Å². The molecule has 0 aromatic heterocycles. The zero-order valence-corrected chi connectivity index (χ0v) is 24.1. The molecule has 1 N–H and O–H groups in total. The van der Waals surface area contributed by atoms with E-state index in [0.717, 1.165) is 55.9 Å². The number of hydrogen-bond donors (Lipinski definition) is 1. The number of ether oxygens (including phenoxy) is 3. The first-order valence-electron chi connectivity index (χ1n) is 14.8. The van der Waals surface area contributed by atoms with E-state index in [0.29, 0.717) is 12.8 Å². The number of hydrogen-bond acceptors (Lipinski definition) is 9. The summed E-state index contributed by atoms with van der Waals surface area (Å²) in [6.07, 6.45) is 11.7. The number of aliphatic hydroxyl groups is 1. The summed E-state index contributed by atoms with van der Waals surface area (Å²) in [5.74, 6) is -0.738. The summed E-state index contributed by atoms with van der Waals surface area (Å²) in [6.45, 7) is 3.76. The van der Waals surface area contributed by atoms with Gasteiger partial charge in [-0.2, -0.15) is 5.26 Å². The SMILES string of the molecule is C[C@]12C=CC(=O)C=C1CC[C@@H]1[C@@H]2[C@@H](O)C[C@@]2(C)[C@H]1C[C@H]1O[C@@H](C3CCCCC3)O[C@]12C(=O)COC(=O)CSC#N. The number of esters is 1. The minimum absolute atomic E-state index is 0.000665. The van der Waals surface area contributed by atoms with Gasteiger partial charge in [0.05, 0.1) is 12.2 Å². The molecule has 0 spiro atoms. The smallest absolute Gasteiger partial charge is 0.317 e. The Morgan fingerprint density at radius 3 is 2.75 bits per heavy atom. The number of aliphatic hydroxyl groups excluding tert-OH is 1. The summed E-state index contributed by atoms with van der Waals surface area (Å²) >= 11 is 0.776. The van der Waals surface area contributed by atoms with Crippen molar-refractivity contribution in [2.75, 3.05) is 12.4 Å². The van der Waals surface area contributed by atoms with Gasteiger partial charge in [-0.1, -0.05) is 44.8 Å². The van der Waals surface area contributed by atoms with Crippen molar-refractivity contribution in [2.45, 2.75) is 95.7 Å². The fourth-order valence-electron chi connectivity index (χ4n) is 9.60. The third-order valence-electron chi connectivity index (χ3n) is 11.3. The molecule has 0 aromatic rings. The van der Waals surface area contributed by atoms with Crippen LogP contribution in [0.2, 0.25) is 0 Å². The minimum atomic E-state index is -1.32. The van der Waals surface area contributed by atoms with Crippen LogP contribution < -0.4 is 0 Å². The Morgan fingerprint density at radius 1 is 1.23 bits per heavy atom. The number of thiocyanates is 1. The van der Waals surface area contributed by atoms with Crippen LogP contribution in [0.5, 0.6) is 0 Å². The number of rotatable bonds is 6. The van der Waals surface area contributed by atoms with Gasteiger partial charge < -0.3 is 19.3 Å². The van der Waals surface area contributed by atoms with E-state index < -0.39 is 47.5 Å². The summed E-state index contributed by atoms with van der Waals surface area (Å²) < 4.78 is 18.8. The summed E-state index contributed by atoms with van der Waals surface area (Å²) in [7, 11) is 0. The van der Waals surface area contributed by atoms with E-state index in [-0.39, 0.29) is 41.0 Å². The van der Waals surface area contributed by atoms with Crippen molar-refractivity contribution in [1.82, 2.24) is 0 Å². The molecule has 1 heterocycles. The van der Waals surface area contributed by atoms with Gasteiger partial charge in [-0.15, -0.1) is 0 Å². The Labute approximate surface area is 239 Å². The molecule has 1 aliphatic heterocycles. The molecule has 8 nitrogen and oxygen atoms in total. The van der Waals surface area contributed by atoms with Gasteiger partial charge in [-0.3, -0.25) is 14.4 Å². The molecule has 0 amide bonds. The predicted molar refractivity (Wildman–Crippen MR) is 146 cm³/mol. The third kappa shape index (κ3) is 4.16. The lowest BCUT2D eigenvalue weighted by Gasteiger charge is -2.59. The number of Topliss-reactive ketones (excluding diaryl/α,β-unsaturated/α-hetero) is 1. The van der Waals surface area contributed by atoms with Crippen LogP contribution in [-0.2, 0) is 28.6 Å². The molecule has 0 bridgehead atoms. The molecule has 0 unspecified atom stereocenters. The second-order valence-electron chi connectivity index (χ2n) is 13.2. The number of thioether (sulfide) groups is 1. The van der Waals surface area contributed by atoms with Crippen LogP contribution in [0, 0.1) is 45.2 Å². The van der Waals surface area contributed by atoms with Gasteiger partial charge in [0.2, 0.25) is 5.78 Å². The predicted octanol–water partition coefficient (Wildman–Crippen LogP) is 4.26. The lowest BCUT2D eigenvalue weighted by atomic mass is 9.46. The molecule has 9 heteroatoms. The van der Waals surface area contributed by atoms with Crippen molar-refractivity contribution in [2.24, 2.45) is 34.5 Å². The van der Waals surface area contributed by atoms with Crippen LogP contribution in [0.1, 0.15) is 71.6 Å². The second kappa shape index (κ2) is 10.4. The molecule has 40 heavy (non-hydrogen) atoms. The first-order valence-corrected chi connectivity index (χ1v) is 15.8. The molecule has 9 atom stereocenters. The molecule has 6 aliphatic rings. The highest BCUT2D eigenvalue weighted by Gasteiger charge is 2.76. The van der Waals surface area contributed by atoms with Gasteiger partial charge in [0, 0.05) is 22.7 Å². The number of ketones is 2. The van der Waals surface area contributed by atoms with Gasteiger partial charge in [-0.05, 0) is 74.3 Å². The highest BCUT2D eigenvalue weighted by Crippen LogP contribution is 2.70. The van der Waals surface area contributed by atoms with Crippen molar-refractivity contribution in [3.63, 3.8) is 0 Å². The molecule has 6 rings (SSSR count). The molecular weight excluding hydrogens is 530 g/mol. The molecule has 1 saturated heterocycles. The van der Waals surface area contributed by atoms with Crippen LogP contribution in [-0.4, -0.2) is 59.1 Å². The first-order chi connectivity index (χ1) is 19.1. The van der Waals surface area contributed by atoms with Crippen LogP contribution in [0.4, 0.5) is 0 Å². The van der Waals surface area contributed by atoms with Crippen molar-refractivity contribution in [3.05, 3.63) is 23.8 Å². The van der Waals surface area contributed by atoms with Crippen LogP contribution in [0.25, 0.3) is 0 Å². The van der Waals surface area contributed by atoms with E-state index in [1.807, 2.05) is 11.5 Å². The van der Waals surface area contributed by atoms with E-state index in [2.05, 4.69) is 13.8 Å². The van der Waals surface area contributed by atoms with E-state index in [4.69, 9.17) is 19.5 Å². The van der Waals surface area contributed by atoms with Crippen LogP contribution in [0.3, 0.4) is 0 Å². The Bertz CT molecular complexity index is 1190. The van der Waals surface area contributed by atoms with Crippen molar-refractivity contribution in [1.29, 1.82) is 5.26 Å². The van der Waals surface area contributed by atoms with E-state index in [1.165, 1.54) is 6.42 Å². The van der Waals surface area contributed by atoms with Gasteiger partial charge >= 0.3 is 5.97 Å². The monoisotopic (exact) mass is 569 g/mol. The number of carbonyl (C=O) groups excluding carboxylic acids is 3. The summed E-state index contributed by atoms with van der Waals surface area (Å²) in [5.41, 5.74) is -1.35. The Balaban J connectivity index is 1.33. The second-order valence-corrected chi connectivity index (χ2v) is 13.9. The van der Waals surface area contributed by atoms with Crippen molar-refractivity contribution in [3.8, 4) is 5.40 Å². The molecule has 5 fully saturated rings. The Morgan fingerprint density at radius 2 is 2.00 bits per heavy atom. The summed E-state index contributed by atoms with van der Waals surface area (Å²) in [4.78, 5) is 38.6. The van der Waals surface area contributed by atoms with E-state index >= 15 is 0 Å². The standard InChI is InChI=1S/C31H39NO7S/c1-29-11-10-20(33)12-19(29)8-9-21-22-13-25-31(30(22,2)14-23(34)27(21)29,24(35)15-37-26(36)16-40-17-32)39-28(38-25)18-6-4-3-5-7-18/h10-12,18,21-23,25,27-28,34H,3-9,13-16H2,1-2H3/t21-,22-,23-,25+,27+,28+,29-,30-,31+/m0/s1. The number of fused-ring (bicyclic) bond motifs is 7. The zero-order chi connectivity index (χ0) is 28.3. The average Bonchev–Trinajstić information content (AvgIpc) is 3.44. The first kappa shape index (κ1) is 28.1. The molecule has 5 aliphatic carbocycles. The fourth-order valence-corrected chi connectivity index (χ4v) is 9.86.